The second-order valence-electron chi connectivity index (χ2n) is 10.3. The molecule has 3 aliphatic rings. The number of thioether (sulfide) groups is 1. The van der Waals surface area contributed by atoms with E-state index in [4.69, 9.17) is 4.74 Å². The summed E-state index contributed by atoms with van der Waals surface area (Å²) in [6.45, 7) is 14.8. The summed E-state index contributed by atoms with van der Waals surface area (Å²) in [6, 6.07) is -0.669. The van der Waals surface area contributed by atoms with Crippen molar-refractivity contribution in [3.63, 3.8) is 0 Å². The van der Waals surface area contributed by atoms with Crippen LogP contribution in [0.4, 0.5) is 0 Å². The molecule has 0 radical (unpaired) electrons. The molecule has 0 aliphatic carbocycles. The van der Waals surface area contributed by atoms with Crippen LogP contribution in [0.25, 0.3) is 0 Å². The number of likely N-dealkylation sites (tertiary alicyclic amines) is 1. The smallest absolute Gasteiger partial charge is 0.310 e. The van der Waals surface area contributed by atoms with Crippen molar-refractivity contribution < 1.29 is 24.2 Å². The number of fused-ring (bicyclic) bond motifs is 1. The lowest BCUT2D eigenvalue weighted by atomic mass is 9.66. The minimum absolute atomic E-state index is 0.0126. The van der Waals surface area contributed by atoms with E-state index >= 15 is 0 Å². The molecular formula is C27H42N2O5S. The molecule has 6 atom stereocenters. The highest BCUT2D eigenvalue weighted by molar-refractivity contribution is 8.02. The van der Waals surface area contributed by atoms with E-state index < -0.39 is 22.6 Å². The molecule has 3 saturated heterocycles. The van der Waals surface area contributed by atoms with E-state index in [9.17, 15) is 19.5 Å². The van der Waals surface area contributed by atoms with Gasteiger partial charge in [-0.1, -0.05) is 19.1 Å². The van der Waals surface area contributed by atoms with Gasteiger partial charge in [0.2, 0.25) is 11.8 Å². The first-order valence-corrected chi connectivity index (χ1v) is 13.9. The maximum absolute atomic E-state index is 14.1. The minimum Gasteiger partial charge on any atom is -0.465 e. The van der Waals surface area contributed by atoms with Crippen molar-refractivity contribution in [1.82, 2.24) is 9.80 Å². The monoisotopic (exact) mass is 506 g/mol. The number of rotatable bonds is 14. The van der Waals surface area contributed by atoms with Gasteiger partial charge in [0, 0.05) is 31.0 Å². The quantitative estimate of drug-likeness (QED) is 0.221. The maximum Gasteiger partial charge on any atom is 0.310 e. The molecule has 196 valence electrons. The lowest BCUT2D eigenvalue weighted by molar-refractivity contribution is -0.154. The predicted octanol–water partition coefficient (Wildman–Crippen LogP) is 3.42. The molecule has 3 rings (SSSR count). The van der Waals surface area contributed by atoms with Crippen LogP contribution >= 0.6 is 11.8 Å². The minimum atomic E-state index is -0.640. The lowest BCUT2D eigenvalue weighted by Gasteiger charge is -2.41. The van der Waals surface area contributed by atoms with Gasteiger partial charge in [0.05, 0.1) is 23.2 Å². The molecule has 0 aromatic heterocycles. The number of allylic oxidation sites excluding steroid dienone is 1. The van der Waals surface area contributed by atoms with Crippen molar-refractivity contribution >= 4 is 29.5 Å². The zero-order chi connectivity index (χ0) is 25.8. The average Bonchev–Trinajstić information content (AvgIpc) is 3.40. The highest BCUT2D eigenvalue weighted by Gasteiger charge is 2.76. The Kier molecular flexibility index (Phi) is 9.49. The van der Waals surface area contributed by atoms with Gasteiger partial charge >= 0.3 is 5.97 Å². The number of aliphatic hydroxyl groups excluding tert-OH is 1. The summed E-state index contributed by atoms with van der Waals surface area (Å²) in [5.74, 6) is -1.44. The fraction of sp³-hybridized carbons (Fsp3) is 0.741. The molecule has 7 nitrogen and oxygen atoms in total. The molecule has 0 aromatic rings. The fourth-order valence-corrected chi connectivity index (χ4v) is 8.62. The van der Waals surface area contributed by atoms with E-state index in [1.807, 2.05) is 19.9 Å². The van der Waals surface area contributed by atoms with Gasteiger partial charge in [-0.25, -0.2) is 0 Å². The molecule has 0 aromatic carbocycles. The summed E-state index contributed by atoms with van der Waals surface area (Å²) >= 11 is 1.67. The van der Waals surface area contributed by atoms with Crippen molar-refractivity contribution in [2.45, 2.75) is 81.4 Å². The number of esters is 1. The van der Waals surface area contributed by atoms with Crippen LogP contribution in [0.15, 0.2) is 25.3 Å². The molecule has 0 saturated carbocycles. The van der Waals surface area contributed by atoms with Gasteiger partial charge in [0.25, 0.3) is 0 Å². The molecule has 3 heterocycles. The molecule has 3 unspecified atom stereocenters. The summed E-state index contributed by atoms with van der Waals surface area (Å²) < 4.78 is 5.03. The van der Waals surface area contributed by atoms with Gasteiger partial charge in [0.15, 0.2) is 0 Å². The summed E-state index contributed by atoms with van der Waals surface area (Å²) in [5, 5.41) is 9.30. The first-order valence-electron chi connectivity index (χ1n) is 13.0. The molecule has 1 spiro atoms. The molecule has 8 heteroatoms. The highest BCUT2D eigenvalue weighted by atomic mass is 32.2. The first-order chi connectivity index (χ1) is 16.8. The summed E-state index contributed by atoms with van der Waals surface area (Å²) in [6.07, 6.45) is 8.09. The molecule has 2 bridgehead atoms. The van der Waals surface area contributed by atoms with Gasteiger partial charge in [-0.05, 0) is 58.3 Å². The number of carbonyl (C=O) groups excluding carboxylic acids is 3. The van der Waals surface area contributed by atoms with Crippen LogP contribution in [0.5, 0.6) is 0 Å². The zero-order valence-corrected chi connectivity index (χ0v) is 22.3. The molecule has 3 fully saturated rings. The topological polar surface area (TPSA) is 87.1 Å². The third kappa shape index (κ3) is 5.06. The van der Waals surface area contributed by atoms with Gasteiger partial charge in [-0.3, -0.25) is 14.4 Å². The second kappa shape index (κ2) is 12.0. The van der Waals surface area contributed by atoms with E-state index in [1.165, 1.54) is 0 Å². The van der Waals surface area contributed by atoms with Crippen LogP contribution in [0.1, 0.15) is 59.3 Å². The number of hydrogen-bond acceptors (Lipinski definition) is 6. The van der Waals surface area contributed by atoms with Gasteiger partial charge in [-0.15, -0.1) is 24.9 Å². The fourth-order valence-electron chi connectivity index (χ4n) is 6.21. The Hall–Kier alpha value is -1.80. The number of nitrogens with zero attached hydrogens (tertiary/aromatic N) is 2. The lowest BCUT2D eigenvalue weighted by Crippen LogP contribution is -2.58. The Bertz CT molecular complexity index is 817. The summed E-state index contributed by atoms with van der Waals surface area (Å²) in [7, 11) is 0. The van der Waals surface area contributed by atoms with Crippen LogP contribution in [-0.2, 0) is 19.1 Å². The third-order valence-electron chi connectivity index (χ3n) is 7.84. The Morgan fingerprint density at radius 2 is 2.00 bits per heavy atom. The van der Waals surface area contributed by atoms with Crippen LogP contribution in [-0.4, -0.2) is 81.1 Å². The van der Waals surface area contributed by atoms with E-state index in [0.717, 1.165) is 25.7 Å². The second-order valence-corrected chi connectivity index (χ2v) is 11.9. The van der Waals surface area contributed by atoms with Crippen LogP contribution < -0.4 is 0 Å². The maximum atomic E-state index is 14.1. The van der Waals surface area contributed by atoms with Gasteiger partial charge in [0.1, 0.15) is 6.04 Å². The summed E-state index contributed by atoms with van der Waals surface area (Å²) in [4.78, 5) is 44.8. The largest absolute Gasteiger partial charge is 0.465 e. The number of unbranched alkanes of at least 4 members (excludes halogenated alkanes) is 3. The van der Waals surface area contributed by atoms with Crippen molar-refractivity contribution in [2.24, 2.45) is 17.8 Å². The zero-order valence-electron chi connectivity index (χ0n) is 21.5. The van der Waals surface area contributed by atoms with Crippen molar-refractivity contribution in [2.75, 3.05) is 26.3 Å². The SMILES string of the molecule is C=CCCCCOC(=O)[C@@H]1[C@H]2C(=O)N(CCCCO)C(C(=O)N(CC=C)C(C)C)C23S[C@@H]1CC3C. The van der Waals surface area contributed by atoms with Crippen LogP contribution in [0.3, 0.4) is 0 Å². The van der Waals surface area contributed by atoms with Crippen LogP contribution in [0.2, 0.25) is 0 Å². The number of hydrogen-bond donors (Lipinski definition) is 1. The Labute approximate surface area is 214 Å². The molecular weight excluding hydrogens is 464 g/mol. The third-order valence-corrected chi connectivity index (χ3v) is 9.91. The molecule has 35 heavy (non-hydrogen) atoms. The number of carbonyl (C=O) groups is 3. The van der Waals surface area contributed by atoms with E-state index in [0.29, 0.717) is 32.5 Å². The normalized spacial score (nSPS) is 31.1. The van der Waals surface area contributed by atoms with E-state index in [2.05, 4.69) is 20.1 Å². The average molecular weight is 507 g/mol. The Morgan fingerprint density at radius 1 is 1.26 bits per heavy atom. The van der Waals surface area contributed by atoms with E-state index in [1.54, 1.807) is 27.6 Å². The molecule has 1 N–H and O–H groups in total. The number of aliphatic hydroxyl groups is 1. The molecule has 2 amide bonds. The number of ether oxygens (including phenoxy) is 1. The van der Waals surface area contributed by atoms with Crippen LogP contribution in [0, 0.1) is 17.8 Å². The predicted molar refractivity (Wildman–Crippen MR) is 139 cm³/mol. The van der Waals surface area contributed by atoms with Crippen molar-refractivity contribution in [1.29, 1.82) is 0 Å². The highest BCUT2D eigenvalue weighted by Crippen LogP contribution is 2.68. The molecule has 3 aliphatic heterocycles. The Morgan fingerprint density at radius 3 is 2.63 bits per heavy atom. The Balaban J connectivity index is 1.92. The standard InChI is InChI=1S/C27H42N2O5S/c1-6-8-9-12-16-34-26(33)21-20-17-19(5)27(35-20)22(21)24(31)29(14-10-11-15-30)23(27)25(32)28(13-7-2)18(3)4/h6-7,18-23,30H,1-2,8-17H2,3-5H3/t19?,20-,21+,22+,23?,27?/m1/s1. The number of amides is 2. The van der Waals surface area contributed by atoms with Gasteiger partial charge < -0.3 is 19.6 Å². The summed E-state index contributed by atoms with van der Waals surface area (Å²) in [5.41, 5.74) is 0. The van der Waals surface area contributed by atoms with E-state index in [-0.39, 0.29) is 41.6 Å². The van der Waals surface area contributed by atoms with Crippen molar-refractivity contribution in [3.8, 4) is 0 Å². The van der Waals surface area contributed by atoms with Gasteiger partial charge in [-0.2, -0.15) is 0 Å². The van der Waals surface area contributed by atoms with Crippen molar-refractivity contribution in [3.05, 3.63) is 25.3 Å². The first kappa shape index (κ1) is 27.8.